The van der Waals surface area contributed by atoms with E-state index in [-0.39, 0.29) is 24.0 Å². The molecule has 1 aliphatic heterocycles. The minimum absolute atomic E-state index is 0. The van der Waals surface area contributed by atoms with Crippen LogP contribution in [0.25, 0.3) is 33.4 Å². The Morgan fingerprint density at radius 3 is 2.52 bits per heavy atom. The zero-order valence-corrected chi connectivity index (χ0v) is 27.3. The van der Waals surface area contributed by atoms with Crippen molar-refractivity contribution in [2.45, 2.75) is 58.4 Å². The molecular weight excluding hydrogens is 594 g/mol. The number of pyridine rings is 2. The van der Waals surface area contributed by atoms with Crippen molar-refractivity contribution >= 4 is 40.9 Å². The maximum Gasteiger partial charge on any atom is 0.252 e. The summed E-state index contributed by atoms with van der Waals surface area (Å²) in [4.78, 5) is 31.0. The third-order valence-electron chi connectivity index (χ3n) is 9.92. The van der Waals surface area contributed by atoms with Crippen LogP contribution in [0.15, 0.2) is 65.6 Å². The summed E-state index contributed by atoms with van der Waals surface area (Å²) < 4.78 is 1.94. The van der Waals surface area contributed by atoms with E-state index in [4.69, 9.17) is 15.0 Å². The fourth-order valence-corrected chi connectivity index (χ4v) is 7.56. The number of aryl methyl sites for hydroxylation is 2. The first-order valence-electron chi connectivity index (χ1n) is 16.4. The van der Waals surface area contributed by atoms with Gasteiger partial charge in [-0.2, -0.15) is 4.98 Å². The predicted octanol–water partition coefficient (Wildman–Crippen LogP) is 6.99. The Labute approximate surface area is 275 Å². The highest BCUT2D eigenvalue weighted by Gasteiger charge is 2.27. The molecule has 9 heteroatoms. The average molecular weight is 634 g/mol. The van der Waals surface area contributed by atoms with Gasteiger partial charge in [0.15, 0.2) is 0 Å². The van der Waals surface area contributed by atoms with E-state index in [0.717, 1.165) is 92.6 Å². The van der Waals surface area contributed by atoms with Gasteiger partial charge in [0, 0.05) is 49.2 Å². The number of fused-ring (bicyclic) bond motifs is 4. The number of anilines is 3. The summed E-state index contributed by atoms with van der Waals surface area (Å²) in [5, 5.41) is 7.77. The van der Waals surface area contributed by atoms with E-state index in [1.54, 1.807) is 6.07 Å². The van der Waals surface area contributed by atoms with Crippen LogP contribution >= 0.6 is 12.4 Å². The second kappa shape index (κ2) is 12.5. The van der Waals surface area contributed by atoms with E-state index in [1.807, 2.05) is 23.8 Å². The molecule has 5 aromatic rings. The summed E-state index contributed by atoms with van der Waals surface area (Å²) in [5.41, 5.74) is 11.3. The van der Waals surface area contributed by atoms with E-state index in [0.29, 0.717) is 17.4 Å². The first kappa shape index (κ1) is 30.4. The van der Waals surface area contributed by atoms with Crippen LogP contribution in [-0.2, 0) is 12.8 Å². The highest BCUT2D eigenvalue weighted by atomic mass is 35.5. The molecule has 2 fully saturated rings. The minimum atomic E-state index is 0. The zero-order chi connectivity index (χ0) is 30.5. The number of hydrogen-bond donors (Lipinski definition) is 2. The van der Waals surface area contributed by atoms with Gasteiger partial charge >= 0.3 is 0 Å². The lowest BCUT2D eigenvalue weighted by Gasteiger charge is -2.29. The van der Waals surface area contributed by atoms with Crippen molar-refractivity contribution < 1.29 is 0 Å². The molecule has 236 valence electrons. The van der Waals surface area contributed by atoms with Crippen molar-refractivity contribution in [3.05, 3.63) is 93.4 Å². The molecule has 3 aromatic heterocycles. The van der Waals surface area contributed by atoms with Gasteiger partial charge in [0.1, 0.15) is 11.5 Å². The van der Waals surface area contributed by atoms with Crippen LogP contribution in [0, 0.1) is 6.92 Å². The van der Waals surface area contributed by atoms with E-state index >= 15 is 0 Å². The number of hydrogen-bond acceptors (Lipinski definition) is 7. The van der Waals surface area contributed by atoms with Crippen molar-refractivity contribution in [3.8, 4) is 22.4 Å². The van der Waals surface area contributed by atoms with Crippen LogP contribution in [-0.4, -0.2) is 45.7 Å². The van der Waals surface area contributed by atoms with E-state index < -0.39 is 0 Å². The number of nitrogens with one attached hydrogen (secondary N) is 2. The van der Waals surface area contributed by atoms with Crippen LogP contribution in [0.3, 0.4) is 0 Å². The second-order valence-corrected chi connectivity index (χ2v) is 12.7. The smallest absolute Gasteiger partial charge is 0.252 e. The highest BCUT2D eigenvalue weighted by Crippen LogP contribution is 2.44. The molecule has 0 unspecified atom stereocenters. The van der Waals surface area contributed by atoms with Crippen LogP contribution < -0.4 is 21.1 Å². The standard InChI is InChI=1S/C37H39N7O.ClH/c1-3-24-11-12-25-21-31-28(30(25)20-24)9-6-10-29(31)35-34-23(2)19-33(45)44(26-7-4-5-8-26)36(34)42-37(41-35)40-32-14-13-27(22-39-32)43-17-15-38-16-18-43;/h6,9-14,19-20,22,26,38H,3-5,7-8,15-18,21H2,1-2H3,(H,39,40,41,42);1H. The number of rotatable bonds is 6. The van der Waals surface area contributed by atoms with E-state index in [2.05, 4.69) is 64.9 Å². The van der Waals surface area contributed by atoms with Gasteiger partial charge in [-0.15, -0.1) is 12.4 Å². The molecule has 8 rings (SSSR count). The zero-order valence-electron chi connectivity index (χ0n) is 26.5. The van der Waals surface area contributed by atoms with Gasteiger partial charge in [0.05, 0.1) is 17.6 Å². The molecule has 1 saturated carbocycles. The molecule has 0 atom stereocenters. The third-order valence-corrected chi connectivity index (χ3v) is 9.92. The topological polar surface area (TPSA) is 88.0 Å². The average Bonchev–Trinajstić information content (AvgIpc) is 3.73. The SMILES string of the molecule is CCc1ccc2c(c1)-c1cccc(-c3nc(Nc4ccc(N5CCNCC5)cn4)nc4c3c(C)cc(=O)n4C3CCCC3)c1C2.Cl. The molecule has 1 saturated heterocycles. The molecule has 3 aliphatic rings. The predicted molar refractivity (Wildman–Crippen MR) is 189 cm³/mol. The normalized spacial score (nSPS) is 15.9. The molecule has 2 N–H and O–H groups in total. The second-order valence-electron chi connectivity index (χ2n) is 12.7. The molecule has 4 heterocycles. The molecule has 0 amide bonds. The minimum Gasteiger partial charge on any atom is -0.368 e. The van der Waals surface area contributed by atoms with Crippen molar-refractivity contribution in [2.24, 2.45) is 0 Å². The van der Waals surface area contributed by atoms with Crippen molar-refractivity contribution in [1.82, 2.24) is 24.8 Å². The maximum atomic E-state index is 13.6. The van der Waals surface area contributed by atoms with Crippen molar-refractivity contribution in [2.75, 3.05) is 36.4 Å². The van der Waals surface area contributed by atoms with Gasteiger partial charge in [-0.3, -0.25) is 9.36 Å². The van der Waals surface area contributed by atoms with Gasteiger partial charge in [0.25, 0.3) is 5.56 Å². The maximum absolute atomic E-state index is 13.6. The van der Waals surface area contributed by atoms with Gasteiger partial charge in [-0.25, -0.2) is 9.97 Å². The van der Waals surface area contributed by atoms with E-state index in [1.165, 1.54) is 27.8 Å². The van der Waals surface area contributed by atoms with Crippen LogP contribution in [0.4, 0.5) is 17.5 Å². The lowest BCUT2D eigenvalue weighted by Crippen LogP contribution is -2.43. The summed E-state index contributed by atoms with van der Waals surface area (Å²) in [6, 6.07) is 19.4. The van der Waals surface area contributed by atoms with E-state index in [9.17, 15) is 4.79 Å². The summed E-state index contributed by atoms with van der Waals surface area (Å²) >= 11 is 0. The fraction of sp³-hybridized carbons (Fsp3) is 0.351. The highest BCUT2D eigenvalue weighted by molar-refractivity contribution is 5.97. The number of halogens is 1. The van der Waals surface area contributed by atoms with Crippen LogP contribution in [0.5, 0.6) is 0 Å². The number of nitrogens with zero attached hydrogens (tertiary/aromatic N) is 5. The number of piperazine rings is 1. The van der Waals surface area contributed by atoms with Gasteiger partial charge in [-0.1, -0.05) is 56.2 Å². The van der Waals surface area contributed by atoms with Crippen molar-refractivity contribution in [1.29, 1.82) is 0 Å². The fourth-order valence-electron chi connectivity index (χ4n) is 7.56. The molecule has 0 spiro atoms. The Hall–Kier alpha value is -4.27. The Morgan fingerprint density at radius 1 is 0.957 bits per heavy atom. The number of benzene rings is 2. The molecule has 0 bridgehead atoms. The quantitative estimate of drug-likeness (QED) is 0.204. The molecule has 46 heavy (non-hydrogen) atoms. The summed E-state index contributed by atoms with van der Waals surface area (Å²) in [6.07, 6.45) is 8.02. The lowest BCUT2D eigenvalue weighted by molar-refractivity contribution is 0.515. The largest absolute Gasteiger partial charge is 0.368 e. The van der Waals surface area contributed by atoms with Crippen LogP contribution in [0.1, 0.15) is 60.9 Å². The summed E-state index contributed by atoms with van der Waals surface area (Å²) in [6.45, 7) is 8.11. The van der Waals surface area contributed by atoms with Crippen molar-refractivity contribution in [3.63, 3.8) is 0 Å². The first-order chi connectivity index (χ1) is 22.1. The molecule has 2 aromatic carbocycles. The molecule has 8 nitrogen and oxygen atoms in total. The lowest BCUT2D eigenvalue weighted by atomic mass is 9.96. The van der Waals surface area contributed by atoms with Gasteiger partial charge < -0.3 is 15.5 Å². The van der Waals surface area contributed by atoms with Gasteiger partial charge in [-0.05, 0) is 78.1 Å². The molecule has 0 radical (unpaired) electrons. The van der Waals surface area contributed by atoms with Crippen LogP contribution in [0.2, 0.25) is 0 Å². The monoisotopic (exact) mass is 633 g/mol. The Bertz CT molecular complexity index is 1980. The Kier molecular flexibility index (Phi) is 8.25. The third kappa shape index (κ3) is 5.33. The Morgan fingerprint density at radius 2 is 1.76 bits per heavy atom. The first-order valence-corrected chi connectivity index (χ1v) is 16.4. The molecule has 2 aliphatic carbocycles. The van der Waals surface area contributed by atoms with Gasteiger partial charge in [0.2, 0.25) is 5.95 Å². The molecular formula is C37H40ClN7O. The summed E-state index contributed by atoms with van der Waals surface area (Å²) in [5.74, 6) is 1.14. The number of aromatic nitrogens is 4. The summed E-state index contributed by atoms with van der Waals surface area (Å²) in [7, 11) is 0. The Balaban J connectivity index is 0.00000338.